The van der Waals surface area contributed by atoms with Crippen molar-refractivity contribution in [3.05, 3.63) is 0 Å². The zero-order chi connectivity index (χ0) is 26.7. The minimum absolute atomic E-state index is 0.0726. The summed E-state index contributed by atoms with van der Waals surface area (Å²) in [6.45, 7) is 21.1. The molecule has 0 heterocycles. The Kier molecular flexibility index (Phi) is 20.3. The lowest BCUT2D eigenvalue weighted by Gasteiger charge is -2.24. The van der Waals surface area contributed by atoms with Gasteiger partial charge in [0.2, 0.25) is 0 Å². The largest absolute Gasteiger partial charge is 0.388 e. The van der Waals surface area contributed by atoms with Crippen LogP contribution in [0, 0.1) is 21.6 Å². The standard InChI is InChI=1S/3C8H18N2O/c1-8(2,3)6-11-5-4-7(9)10;1-8(2,3)11-6-4-5-7(9)10;1-4-11-8(2,3)6-5-7(9)10/h3*4-6H2,1-3H3,(H3,9,10). The number of nitrogens with one attached hydrogen (secondary N) is 3. The highest BCUT2D eigenvalue weighted by Crippen LogP contribution is 2.15. The molecular weight excluding hydrogens is 420 g/mol. The molecule has 0 aliphatic heterocycles. The van der Waals surface area contributed by atoms with Crippen molar-refractivity contribution in [2.24, 2.45) is 22.6 Å². The molecule has 0 radical (unpaired) electrons. The first kappa shape index (κ1) is 35.9. The van der Waals surface area contributed by atoms with Gasteiger partial charge in [0.15, 0.2) is 0 Å². The second-order valence-electron chi connectivity index (χ2n) is 10.7. The summed E-state index contributed by atoms with van der Waals surface area (Å²) in [5, 5.41) is 20.9. The second kappa shape index (κ2) is 18.7. The van der Waals surface area contributed by atoms with E-state index in [9.17, 15) is 0 Å². The van der Waals surface area contributed by atoms with Crippen LogP contribution in [0.25, 0.3) is 0 Å². The third kappa shape index (κ3) is 41.1. The number of amidine groups is 3. The maximum Gasteiger partial charge on any atom is 0.0928 e. The summed E-state index contributed by atoms with van der Waals surface area (Å²) in [4.78, 5) is 0. The summed E-state index contributed by atoms with van der Waals surface area (Å²) < 4.78 is 16.1. The molecule has 9 N–H and O–H groups in total. The highest BCUT2D eigenvalue weighted by molar-refractivity contribution is 5.77. The van der Waals surface area contributed by atoms with Gasteiger partial charge in [-0.3, -0.25) is 16.2 Å². The number of rotatable bonds is 13. The molecule has 0 atom stereocenters. The first-order valence-electron chi connectivity index (χ1n) is 11.7. The topological polar surface area (TPSA) is 177 Å². The van der Waals surface area contributed by atoms with Gasteiger partial charge in [-0.05, 0) is 59.8 Å². The van der Waals surface area contributed by atoms with Crippen LogP contribution in [0.4, 0.5) is 0 Å². The smallest absolute Gasteiger partial charge is 0.0928 e. The van der Waals surface area contributed by atoms with Crippen LogP contribution < -0.4 is 17.2 Å². The van der Waals surface area contributed by atoms with Crippen LogP contribution in [0.5, 0.6) is 0 Å². The molecule has 0 aromatic rings. The second-order valence-corrected chi connectivity index (χ2v) is 10.7. The van der Waals surface area contributed by atoms with Crippen molar-refractivity contribution in [1.82, 2.24) is 0 Å². The fraction of sp³-hybridized carbons (Fsp3) is 0.875. The van der Waals surface area contributed by atoms with Crippen molar-refractivity contribution >= 4 is 17.5 Å². The summed E-state index contributed by atoms with van der Waals surface area (Å²) >= 11 is 0. The van der Waals surface area contributed by atoms with Crippen molar-refractivity contribution < 1.29 is 14.2 Å². The van der Waals surface area contributed by atoms with Gasteiger partial charge in [0, 0.05) is 32.5 Å². The Bertz CT molecular complexity index is 505. The molecule has 0 bridgehead atoms. The molecule has 0 aliphatic carbocycles. The predicted octanol–water partition coefficient (Wildman–Crippen LogP) is 4.41. The third-order valence-electron chi connectivity index (χ3n) is 3.71. The Labute approximate surface area is 203 Å². The van der Waals surface area contributed by atoms with Gasteiger partial charge in [0.05, 0.1) is 41.9 Å². The average molecular weight is 475 g/mol. The number of nitrogens with two attached hydrogens (primary N) is 3. The molecule has 9 nitrogen and oxygen atoms in total. The van der Waals surface area contributed by atoms with Gasteiger partial charge in [0.25, 0.3) is 0 Å². The summed E-state index contributed by atoms with van der Waals surface area (Å²) in [5.41, 5.74) is 15.5. The molecule has 0 amide bonds. The minimum Gasteiger partial charge on any atom is -0.388 e. The molecule has 0 aliphatic rings. The molecule has 0 saturated heterocycles. The van der Waals surface area contributed by atoms with Crippen molar-refractivity contribution in [1.29, 1.82) is 16.2 Å². The SMILES string of the molecule is CC(C)(C)COCCC(=N)N.CC(C)(C)OCCCC(=N)N.CCOC(C)(C)CCC(=N)N. The molecule has 0 aromatic heterocycles. The van der Waals surface area contributed by atoms with Crippen molar-refractivity contribution in [3.8, 4) is 0 Å². The number of ether oxygens (including phenoxy) is 3. The molecule has 0 rings (SSSR count). The third-order valence-corrected chi connectivity index (χ3v) is 3.71. The first-order valence-corrected chi connectivity index (χ1v) is 11.7. The van der Waals surface area contributed by atoms with Crippen LogP contribution in [0.1, 0.15) is 94.4 Å². The Balaban J connectivity index is -0.000000409. The van der Waals surface area contributed by atoms with Gasteiger partial charge in [0.1, 0.15) is 0 Å². The van der Waals surface area contributed by atoms with E-state index in [1.165, 1.54) is 0 Å². The van der Waals surface area contributed by atoms with E-state index in [-0.39, 0.29) is 34.1 Å². The lowest BCUT2D eigenvalue weighted by Crippen LogP contribution is -2.26. The van der Waals surface area contributed by atoms with Gasteiger partial charge in [-0.2, -0.15) is 0 Å². The van der Waals surface area contributed by atoms with Crippen LogP contribution in [0.3, 0.4) is 0 Å². The summed E-state index contributed by atoms with van der Waals surface area (Å²) in [5.74, 6) is 0.666. The Morgan fingerprint density at radius 3 is 1.55 bits per heavy atom. The van der Waals surface area contributed by atoms with Gasteiger partial charge < -0.3 is 31.4 Å². The van der Waals surface area contributed by atoms with Crippen molar-refractivity contribution in [3.63, 3.8) is 0 Å². The van der Waals surface area contributed by atoms with Crippen molar-refractivity contribution in [2.45, 2.75) is 106 Å². The quantitative estimate of drug-likeness (QED) is 0.131. The molecule has 0 spiro atoms. The maximum atomic E-state index is 7.03. The molecule has 198 valence electrons. The number of hydrogen-bond donors (Lipinski definition) is 6. The summed E-state index contributed by atoms with van der Waals surface area (Å²) in [7, 11) is 0. The van der Waals surface area contributed by atoms with Crippen molar-refractivity contribution in [2.75, 3.05) is 26.4 Å². The predicted molar refractivity (Wildman–Crippen MR) is 141 cm³/mol. The molecule has 0 saturated carbocycles. The maximum absolute atomic E-state index is 7.03. The monoisotopic (exact) mass is 474 g/mol. The van der Waals surface area contributed by atoms with E-state index in [4.69, 9.17) is 47.6 Å². The lowest BCUT2D eigenvalue weighted by molar-refractivity contribution is -0.0146. The zero-order valence-electron chi connectivity index (χ0n) is 22.8. The van der Waals surface area contributed by atoms with E-state index in [1.54, 1.807) is 0 Å². The van der Waals surface area contributed by atoms with Crippen LogP contribution in [0.15, 0.2) is 0 Å². The van der Waals surface area contributed by atoms with Gasteiger partial charge in [-0.25, -0.2) is 0 Å². The minimum atomic E-state index is -0.138. The fourth-order valence-corrected chi connectivity index (χ4v) is 2.10. The van der Waals surface area contributed by atoms with Gasteiger partial charge in [-0.15, -0.1) is 0 Å². The van der Waals surface area contributed by atoms with Crippen LogP contribution in [-0.4, -0.2) is 55.1 Å². The van der Waals surface area contributed by atoms with E-state index < -0.39 is 0 Å². The Morgan fingerprint density at radius 1 is 0.697 bits per heavy atom. The molecule has 33 heavy (non-hydrogen) atoms. The van der Waals surface area contributed by atoms with Crippen LogP contribution in [-0.2, 0) is 14.2 Å². The Morgan fingerprint density at radius 2 is 1.18 bits per heavy atom. The van der Waals surface area contributed by atoms with E-state index in [2.05, 4.69) is 20.8 Å². The first-order chi connectivity index (χ1) is 14.8. The molecule has 9 heteroatoms. The average Bonchev–Trinajstić information content (AvgIpc) is 2.60. The van der Waals surface area contributed by atoms with Gasteiger partial charge >= 0.3 is 0 Å². The fourth-order valence-electron chi connectivity index (χ4n) is 2.10. The molecule has 0 fully saturated rings. The molecule has 0 unspecified atom stereocenters. The summed E-state index contributed by atoms with van der Waals surface area (Å²) in [6, 6.07) is 0. The molecular formula is C24H54N6O3. The van der Waals surface area contributed by atoms with E-state index in [0.29, 0.717) is 39.1 Å². The van der Waals surface area contributed by atoms with Crippen LogP contribution >= 0.6 is 0 Å². The van der Waals surface area contributed by atoms with Crippen LogP contribution in [0.2, 0.25) is 0 Å². The van der Waals surface area contributed by atoms with E-state index in [0.717, 1.165) is 19.4 Å². The zero-order valence-corrected chi connectivity index (χ0v) is 22.8. The molecule has 0 aromatic carbocycles. The van der Waals surface area contributed by atoms with E-state index in [1.807, 2.05) is 41.5 Å². The van der Waals surface area contributed by atoms with Gasteiger partial charge in [-0.1, -0.05) is 20.8 Å². The Hall–Kier alpha value is -1.71. The van der Waals surface area contributed by atoms with E-state index >= 15 is 0 Å². The highest BCUT2D eigenvalue weighted by atomic mass is 16.5. The highest BCUT2D eigenvalue weighted by Gasteiger charge is 2.17. The summed E-state index contributed by atoms with van der Waals surface area (Å²) in [6.07, 6.45) is 3.45. The lowest BCUT2D eigenvalue weighted by atomic mass is 9.99. The number of hydrogen-bond acceptors (Lipinski definition) is 6. The normalized spacial score (nSPS) is 11.5.